The fraction of sp³-hybridized carbons (Fsp3) is 0.600. The number of carbonyl (C=O) groups is 2. The molecule has 0 spiro atoms. The van der Waals surface area contributed by atoms with Gasteiger partial charge in [0.05, 0.1) is 0 Å². The maximum Gasteiger partial charge on any atom is 0.338 e. The lowest BCUT2D eigenvalue weighted by Gasteiger charge is -2.28. The Morgan fingerprint density at radius 3 is 2.16 bits per heavy atom. The van der Waals surface area contributed by atoms with Crippen LogP contribution in [-0.2, 0) is 20.7 Å². The molecular weight excluding hydrogens is 318 g/mol. The Balaban J connectivity index is 2.13. The summed E-state index contributed by atoms with van der Waals surface area (Å²) in [7, 11) is 0. The second-order valence-corrected chi connectivity index (χ2v) is 8.03. The number of nitrogens with two attached hydrogens (primary N) is 1. The molecule has 5 heteroatoms. The minimum absolute atomic E-state index is 0.0950. The zero-order chi connectivity index (χ0) is 18.7. The molecule has 0 aromatic heterocycles. The molecule has 138 valence electrons. The summed E-state index contributed by atoms with van der Waals surface area (Å²) in [6.45, 7) is 5.06. The summed E-state index contributed by atoms with van der Waals surface area (Å²) in [6.07, 6.45) is 6.13. The Bertz CT molecular complexity index is 612. The molecule has 1 aromatic rings. The Kier molecular flexibility index (Phi) is 5.88. The first kappa shape index (κ1) is 19.4. The quantitative estimate of drug-likeness (QED) is 0.629. The Hall–Kier alpha value is -1.88. The molecule has 0 radical (unpaired) electrons. The number of rotatable bonds is 5. The molecule has 2 rings (SSSR count). The van der Waals surface area contributed by atoms with Crippen molar-refractivity contribution in [2.75, 3.05) is 0 Å². The fourth-order valence-electron chi connectivity index (χ4n) is 3.27. The Morgan fingerprint density at radius 1 is 1.12 bits per heavy atom. The summed E-state index contributed by atoms with van der Waals surface area (Å²) < 4.78 is 5.21. The number of esters is 1. The van der Waals surface area contributed by atoms with Crippen molar-refractivity contribution in [3.05, 3.63) is 35.4 Å². The van der Waals surface area contributed by atoms with Crippen molar-refractivity contribution in [3.63, 3.8) is 0 Å². The largest absolute Gasteiger partial charge is 0.479 e. The van der Waals surface area contributed by atoms with Crippen molar-refractivity contribution in [3.8, 4) is 0 Å². The van der Waals surface area contributed by atoms with E-state index < -0.39 is 23.1 Å². The molecule has 0 saturated heterocycles. The van der Waals surface area contributed by atoms with E-state index in [4.69, 9.17) is 10.5 Å². The summed E-state index contributed by atoms with van der Waals surface area (Å²) in [4.78, 5) is 24.0. The third kappa shape index (κ3) is 5.05. The van der Waals surface area contributed by atoms with Crippen LogP contribution in [0.25, 0.3) is 0 Å². The van der Waals surface area contributed by atoms with Crippen LogP contribution >= 0.6 is 0 Å². The number of ether oxygens (including phenoxy) is 1. The van der Waals surface area contributed by atoms with E-state index in [9.17, 15) is 14.7 Å². The average Bonchev–Trinajstić information content (AvgIpc) is 2.54. The van der Waals surface area contributed by atoms with Crippen LogP contribution in [0.3, 0.4) is 0 Å². The van der Waals surface area contributed by atoms with Gasteiger partial charge >= 0.3 is 11.9 Å². The van der Waals surface area contributed by atoms with E-state index >= 15 is 0 Å². The predicted molar refractivity (Wildman–Crippen MR) is 96.4 cm³/mol. The zero-order valence-corrected chi connectivity index (χ0v) is 15.4. The van der Waals surface area contributed by atoms with E-state index in [1.54, 1.807) is 20.8 Å². The van der Waals surface area contributed by atoms with Gasteiger partial charge in [0.1, 0.15) is 5.60 Å². The lowest BCUT2D eigenvalue weighted by molar-refractivity contribution is -0.169. The second-order valence-electron chi connectivity index (χ2n) is 8.03. The van der Waals surface area contributed by atoms with Gasteiger partial charge in [0.25, 0.3) is 0 Å². The molecule has 1 atom stereocenters. The van der Waals surface area contributed by atoms with Gasteiger partial charge in [0.15, 0.2) is 0 Å². The number of carboxylic acid groups (broad SMARTS) is 1. The molecule has 0 amide bonds. The van der Waals surface area contributed by atoms with Crippen molar-refractivity contribution >= 4 is 11.9 Å². The van der Waals surface area contributed by atoms with Crippen molar-refractivity contribution in [1.29, 1.82) is 0 Å². The lowest BCUT2D eigenvalue weighted by Crippen LogP contribution is -2.58. The minimum atomic E-state index is -2.08. The molecule has 3 N–H and O–H groups in total. The highest BCUT2D eigenvalue weighted by Gasteiger charge is 2.45. The van der Waals surface area contributed by atoms with Crippen molar-refractivity contribution < 1.29 is 19.4 Å². The van der Waals surface area contributed by atoms with Crippen LogP contribution in [-0.4, -0.2) is 28.2 Å². The van der Waals surface area contributed by atoms with Gasteiger partial charge in [0.2, 0.25) is 5.54 Å². The number of hydrogen-bond acceptors (Lipinski definition) is 4. The van der Waals surface area contributed by atoms with Crippen LogP contribution in [0.1, 0.15) is 69.9 Å². The van der Waals surface area contributed by atoms with E-state index in [0.717, 1.165) is 5.56 Å². The molecule has 1 saturated carbocycles. The summed E-state index contributed by atoms with van der Waals surface area (Å²) in [5.74, 6) is -1.71. The van der Waals surface area contributed by atoms with Gasteiger partial charge in [-0.25, -0.2) is 9.59 Å². The van der Waals surface area contributed by atoms with Crippen LogP contribution in [0.5, 0.6) is 0 Å². The average molecular weight is 347 g/mol. The molecule has 1 aliphatic carbocycles. The van der Waals surface area contributed by atoms with Crippen LogP contribution in [0, 0.1) is 0 Å². The predicted octanol–water partition coefficient (Wildman–Crippen LogP) is 3.40. The monoisotopic (exact) mass is 347 g/mol. The molecule has 1 aromatic carbocycles. The molecule has 5 nitrogen and oxygen atoms in total. The third-order valence-corrected chi connectivity index (χ3v) is 4.68. The summed E-state index contributed by atoms with van der Waals surface area (Å²) >= 11 is 0. The van der Waals surface area contributed by atoms with E-state index in [1.807, 2.05) is 24.3 Å². The first-order chi connectivity index (χ1) is 11.6. The van der Waals surface area contributed by atoms with Crippen LogP contribution in [0.4, 0.5) is 0 Å². The van der Waals surface area contributed by atoms with Crippen molar-refractivity contribution in [1.82, 2.24) is 0 Å². The van der Waals surface area contributed by atoms with Crippen LogP contribution < -0.4 is 5.73 Å². The third-order valence-electron chi connectivity index (χ3n) is 4.68. The van der Waals surface area contributed by atoms with Crippen molar-refractivity contribution in [2.24, 2.45) is 5.73 Å². The van der Waals surface area contributed by atoms with Gasteiger partial charge in [-0.05, 0) is 50.7 Å². The smallest absolute Gasteiger partial charge is 0.338 e. The fourth-order valence-corrected chi connectivity index (χ4v) is 3.27. The van der Waals surface area contributed by atoms with E-state index in [-0.39, 0.29) is 6.42 Å². The minimum Gasteiger partial charge on any atom is -0.479 e. The number of aliphatic carboxylic acids is 1. The topological polar surface area (TPSA) is 89.6 Å². The number of hydrogen-bond donors (Lipinski definition) is 2. The van der Waals surface area contributed by atoms with E-state index in [2.05, 4.69) is 0 Å². The maximum atomic E-state index is 12.3. The Morgan fingerprint density at radius 2 is 1.68 bits per heavy atom. The maximum absolute atomic E-state index is 12.3. The van der Waals surface area contributed by atoms with Gasteiger partial charge in [0, 0.05) is 6.42 Å². The first-order valence-electron chi connectivity index (χ1n) is 8.96. The molecule has 1 unspecified atom stereocenters. The van der Waals surface area contributed by atoms with Gasteiger partial charge in [-0.2, -0.15) is 0 Å². The number of carbonyl (C=O) groups excluding carboxylic acids is 1. The van der Waals surface area contributed by atoms with Gasteiger partial charge in [-0.1, -0.05) is 43.5 Å². The van der Waals surface area contributed by atoms with Crippen molar-refractivity contribution in [2.45, 2.75) is 76.4 Å². The second kappa shape index (κ2) is 7.56. The number of benzene rings is 1. The summed E-state index contributed by atoms with van der Waals surface area (Å²) in [5.41, 5.74) is 5.05. The molecule has 0 aliphatic heterocycles. The summed E-state index contributed by atoms with van der Waals surface area (Å²) in [6, 6.07) is 7.81. The highest BCUT2D eigenvalue weighted by molar-refractivity contribution is 6.04. The molecular formula is C20H29NO4. The van der Waals surface area contributed by atoms with E-state index in [0.29, 0.717) is 5.92 Å². The highest BCUT2D eigenvalue weighted by atomic mass is 16.6. The molecule has 1 fully saturated rings. The van der Waals surface area contributed by atoms with Gasteiger partial charge < -0.3 is 15.6 Å². The molecule has 25 heavy (non-hydrogen) atoms. The van der Waals surface area contributed by atoms with Crippen LogP contribution in [0.2, 0.25) is 0 Å². The number of carboxylic acids is 1. The summed E-state index contributed by atoms with van der Waals surface area (Å²) in [5, 5.41) is 9.49. The zero-order valence-electron chi connectivity index (χ0n) is 15.4. The lowest BCUT2D eigenvalue weighted by atomic mass is 9.83. The van der Waals surface area contributed by atoms with Gasteiger partial charge in [-0.3, -0.25) is 0 Å². The molecule has 1 aliphatic rings. The first-order valence-corrected chi connectivity index (χ1v) is 8.96. The van der Waals surface area contributed by atoms with Crippen LogP contribution in [0.15, 0.2) is 24.3 Å². The normalized spacial score (nSPS) is 18.4. The SMILES string of the molecule is CC(C)(C)OC(=O)C(N)(Cc1ccc(C2CCCCC2)cc1)C(=O)O. The Labute approximate surface area is 149 Å². The van der Waals surface area contributed by atoms with E-state index in [1.165, 1.54) is 37.7 Å². The standard InChI is InChI=1S/C20H29NO4/c1-19(2,3)25-18(24)20(21,17(22)23)13-14-9-11-16(12-10-14)15-7-5-4-6-8-15/h9-12,15H,4-8,13,21H2,1-3H3,(H,22,23). The molecule has 0 heterocycles. The highest BCUT2D eigenvalue weighted by Crippen LogP contribution is 2.32. The van der Waals surface area contributed by atoms with Gasteiger partial charge in [-0.15, -0.1) is 0 Å². The molecule has 0 bridgehead atoms.